The highest BCUT2D eigenvalue weighted by Gasteiger charge is 2.14. The highest BCUT2D eigenvalue weighted by Crippen LogP contribution is 2.31. The Hall–Kier alpha value is -1.48. The Morgan fingerprint density at radius 1 is 1.14 bits per heavy atom. The third-order valence-electron chi connectivity index (χ3n) is 4.03. The minimum Gasteiger partial charge on any atom is -0.493 e. The van der Waals surface area contributed by atoms with Crippen LogP contribution in [0.15, 0.2) is 34.8 Å². The molecule has 0 saturated carbocycles. The highest BCUT2D eigenvalue weighted by molar-refractivity contribution is 9.10. The molecule has 2 aromatic rings. The molecule has 0 saturated heterocycles. The van der Waals surface area contributed by atoms with Crippen molar-refractivity contribution in [3.63, 3.8) is 0 Å². The van der Waals surface area contributed by atoms with Crippen molar-refractivity contribution in [3.8, 4) is 5.75 Å². The second-order valence-corrected chi connectivity index (χ2v) is 6.55. The summed E-state index contributed by atoms with van der Waals surface area (Å²) in [5, 5.41) is 3.60. The van der Waals surface area contributed by atoms with Crippen LogP contribution in [0.4, 0.5) is 5.69 Å². The van der Waals surface area contributed by atoms with Gasteiger partial charge in [0.1, 0.15) is 5.75 Å². The van der Waals surface area contributed by atoms with Gasteiger partial charge in [0.05, 0.1) is 6.61 Å². The van der Waals surface area contributed by atoms with Crippen LogP contribution in [0, 0.1) is 13.8 Å². The quantitative estimate of drug-likeness (QED) is 0.827. The Morgan fingerprint density at radius 3 is 2.57 bits per heavy atom. The number of ether oxygens (including phenoxy) is 1. The molecule has 110 valence electrons. The van der Waals surface area contributed by atoms with Gasteiger partial charge >= 0.3 is 0 Å². The van der Waals surface area contributed by atoms with E-state index in [9.17, 15) is 0 Å². The fourth-order valence-corrected chi connectivity index (χ4v) is 3.07. The maximum absolute atomic E-state index is 5.57. The van der Waals surface area contributed by atoms with E-state index < -0.39 is 0 Å². The lowest BCUT2D eigenvalue weighted by atomic mass is 10.0. The topological polar surface area (TPSA) is 21.3 Å². The van der Waals surface area contributed by atoms with Gasteiger partial charge in [-0.25, -0.2) is 0 Å². The lowest BCUT2D eigenvalue weighted by Crippen LogP contribution is -2.07. The third kappa shape index (κ3) is 2.93. The summed E-state index contributed by atoms with van der Waals surface area (Å²) in [7, 11) is 0. The number of nitrogens with one attached hydrogen (secondary N) is 1. The van der Waals surface area contributed by atoms with Gasteiger partial charge in [0.15, 0.2) is 0 Å². The molecule has 0 aliphatic carbocycles. The van der Waals surface area contributed by atoms with Gasteiger partial charge in [-0.15, -0.1) is 0 Å². The first-order chi connectivity index (χ1) is 10.0. The largest absolute Gasteiger partial charge is 0.493 e. The van der Waals surface area contributed by atoms with Crippen molar-refractivity contribution in [2.75, 3.05) is 11.9 Å². The van der Waals surface area contributed by atoms with Gasteiger partial charge in [-0.3, -0.25) is 0 Å². The highest BCUT2D eigenvalue weighted by atomic mass is 79.9. The number of hydrogen-bond donors (Lipinski definition) is 1. The van der Waals surface area contributed by atoms with Gasteiger partial charge in [-0.2, -0.15) is 0 Å². The number of hydrogen-bond acceptors (Lipinski definition) is 2. The monoisotopic (exact) mass is 345 g/mol. The summed E-state index contributed by atoms with van der Waals surface area (Å²) in [5.41, 5.74) is 6.30. The number of fused-ring (bicyclic) bond motifs is 1. The Morgan fingerprint density at radius 2 is 1.86 bits per heavy atom. The lowest BCUT2D eigenvalue weighted by Gasteiger charge is -2.18. The van der Waals surface area contributed by atoms with Crippen molar-refractivity contribution in [1.82, 2.24) is 0 Å². The van der Waals surface area contributed by atoms with Crippen LogP contribution >= 0.6 is 15.9 Å². The molecule has 0 spiro atoms. The molecular formula is C18H20BrNO. The van der Waals surface area contributed by atoms with Crippen LogP contribution < -0.4 is 10.1 Å². The van der Waals surface area contributed by atoms with E-state index in [4.69, 9.17) is 4.74 Å². The van der Waals surface area contributed by atoms with Gasteiger partial charge < -0.3 is 10.1 Å². The van der Waals surface area contributed by atoms with Crippen molar-refractivity contribution in [3.05, 3.63) is 57.1 Å². The second kappa shape index (κ2) is 5.72. The summed E-state index contributed by atoms with van der Waals surface area (Å²) < 4.78 is 6.76. The molecule has 0 aromatic heterocycles. The molecule has 3 heteroatoms. The summed E-state index contributed by atoms with van der Waals surface area (Å²) >= 11 is 3.62. The van der Waals surface area contributed by atoms with Crippen LogP contribution in [0.3, 0.4) is 0 Å². The first-order valence-corrected chi connectivity index (χ1v) is 8.13. The van der Waals surface area contributed by atoms with Crippen LogP contribution in [0.5, 0.6) is 5.75 Å². The van der Waals surface area contributed by atoms with E-state index in [1.165, 1.54) is 26.7 Å². The minimum atomic E-state index is 0.274. The zero-order valence-electron chi connectivity index (χ0n) is 12.7. The maximum Gasteiger partial charge on any atom is 0.122 e. The minimum absolute atomic E-state index is 0.274. The Balaban J connectivity index is 1.81. The smallest absolute Gasteiger partial charge is 0.122 e. The third-order valence-corrected chi connectivity index (χ3v) is 5.28. The van der Waals surface area contributed by atoms with Crippen molar-refractivity contribution < 1.29 is 4.74 Å². The normalized spacial score (nSPS) is 14.5. The second-order valence-electron chi connectivity index (χ2n) is 5.76. The molecular weight excluding hydrogens is 326 g/mol. The number of rotatable bonds is 3. The van der Waals surface area contributed by atoms with Crippen molar-refractivity contribution in [1.29, 1.82) is 0 Å². The van der Waals surface area contributed by atoms with Crippen LogP contribution in [0.2, 0.25) is 0 Å². The van der Waals surface area contributed by atoms with Gasteiger partial charge in [-0.05, 0) is 67.3 Å². The summed E-state index contributed by atoms with van der Waals surface area (Å²) in [4.78, 5) is 0. The first kappa shape index (κ1) is 14.5. The fourth-order valence-electron chi connectivity index (χ4n) is 2.84. The number of halogens is 1. The van der Waals surface area contributed by atoms with Gasteiger partial charge in [0.2, 0.25) is 0 Å². The molecule has 1 unspecified atom stereocenters. The van der Waals surface area contributed by atoms with Crippen molar-refractivity contribution in [2.24, 2.45) is 0 Å². The first-order valence-electron chi connectivity index (χ1n) is 7.33. The SMILES string of the molecule is Cc1cc(NC(C)c2ccc3c(c2)CCO3)cc(C)c1Br. The van der Waals surface area contributed by atoms with E-state index >= 15 is 0 Å². The van der Waals surface area contributed by atoms with E-state index in [0.29, 0.717) is 0 Å². The van der Waals surface area contributed by atoms with Crippen molar-refractivity contribution >= 4 is 21.6 Å². The molecule has 1 aliphatic rings. The molecule has 1 aliphatic heterocycles. The zero-order chi connectivity index (χ0) is 15.0. The molecule has 1 atom stereocenters. The number of aryl methyl sites for hydroxylation is 2. The molecule has 2 nitrogen and oxygen atoms in total. The molecule has 1 N–H and O–H groups in total. The number of anilines is 1. The molecule has 0 amide bonds. The van der Waals surface area contributed by atoms with Crippen molar-refractivity contribution in [2.45, 2.75) is 33.2 Å². The van der Waals surface area contributed by atoms with Crippen LogP contribution in [0.1, 0.15) is 35.2 Å². The van der Waals surface area contributed by atoms with Gasteiger partial charge in [-0.1, -0.05) is 22.0 Å². The van der Waals surface area contributed by atoms with Gasteiger partial charge in [0.25, 0.3) is 0 Å². The van der Waals surface area contributed by atoms with E-state index in [-0.39, 0.29) is 6.04 Å². The van der Waals surface area contributed by atoms with Gasteiger partial charge in [0, 0.05) is 22.6 Å². The fraction of sp³-hybridized carbons (Fsp3) is 0.333. The summed E-state index contributed by atoms with van der Waals surface area (Å²) in [6.07, 6.45) is 1.02. The van der Waals surface area contributed by atoms with Crippen LogP contribution in [-0.4, -0.2) is 6.61 Å². The Bertz CT molecular complexity index is 658. The molecule has 21 heavy (non-hydrogen) atoms. The van der Waals surface area contributed by atoms with E-state index in [1.807, 2.05) is 0 Å². The molecule has 1 heterocycles. The number of benzene rings is 2. The average molecular weight is 346 g/mol. The Labute approximate surface area is 134 Å². The predicted octanol–water partition coefficient (Wildman–Crippen LogP) is 5.17. The molecule has 0 bridgehead atoms. The Kier molecular flexibility index (Phi) is 3.94. The standard InChI is InChI=1S/C18H20BrNO/c1-11-8-16(9-12(2)18(11)19)20-13(3)14-4-5-17-15(10-14)6-7-21-17/h4-5,8-10,13,20H,6-7H2,1-3H3. The van der Waals surface area contributed by atoms with Crippen LogP contribution in [0.25, 0.3) is 0 Å². The summed E-state index contributed by atoms with van der Waals surface area (Å²) in [6.45, 7) is 7.26. The van der Waals surface area contributed by atoms with E-state index in [2.05, 4.69) is 72.3 Å². The molecule has 0 fully saturated rings. The maximum atomic E-state index is 5.57. The van der Waals surface area contributed by atoms with Crippen LogP contribution in [-0.2, 0) is 6.42 Å². The van der Waals surface area contributed by atoms with E-state index in [1.54, 1.807) is 0 Å². The zero-order valence-corrected chi connectivity index (χ0v) is 14.3. The molecule has 0 radical (unpaired) electrons. The molecule has 3 rings (SSSR count). The summed E-state index contributed by atoms with van der Waals surface area (Å²) in [5.74, 6) is 1.04. The summed E-state index contributed by atoms with van der Waals surface area (Å²) in [6, 6.07) is 11.1. The van der Waals surface area contributed by atoms with E-state index in [0.717, 1.165) is 24.5 Å². The average Bonchev–Trinajstić information content (AvgIpc) is 2.91. The lowest BCUT2D eigenvalue weighted by molar-refractivity contribution is 0.357. The molecule has 2 aromatic carbocycles. The predicted molar refractivity (Wildman–Crippen MR) is 91.3 cm³/mol.